The number of aromatic amines is 1. The van der Waals surface area contributed by atoms with Crippen LogP contribution in [0.25, 0.3) is 0 Å². The summed E-state index contributed by atoms with van der Waals surface area (Å²) in [4.78, 5) is 11.0. The van der Waals surface area contributed by atoms with Gasteiger partial charge < -0.3 is 4.74 Å². The first-order chi connectivity index (χ1) is 10.7. The molecule has 0 saturated carbocycles. The average Bonchev–Trinajstić information content (AvgIpc) is 2.54. The molecular formula is C17H13ClN2O2. The Morgan fingerprint density at radius 2 is 1.86 bits per heavy atom. The quantitative estimate of drug-likeness (QED) is 0.797. The maximum Gasteiger partial charge on any atom is 0.264 e. The molecule has 5 heteroatoms. The van der Waals surface area contributed by atoms with Crippen LogP contribution in [0.4, 0.5) is 0 Å². The molecule has 0 aliphatic carbocycles. The molecule has 0 radical (unpaired) electrons. The molecule has 1 aromatic heterocycles. The number of para-hydroxylation sites is 1. The van der Waals surface area contributed by atoms with Gasteiger partial charge in [-0.2, -0.15) is 5.10 Å². The van der Waals surface area contributed by atoms with Gasteiger partial charge >= 0.3 is 0 Å². The number of nitrogens with one attached hydrogen (secondary N) is 1. The van der Waals surface area contributed by atoms with Crippen LogP contribution < -0.4 is 10.3 Å². The largest absolute Gasteiger partial charge is 0.456 e. The van der Waals surface area contributed by atoms with E-state index in [2.05, 4.69) is 10.2 Å². The van der Waals surface area contributed by atoms with Gasteiger partial charge in [0.25, 0.3) is 5.56 Å². The van der Waals surface area contributed by atoms with Gasteiger partial charge in [0.15, 0.2) is 0 Å². The van der Waals surface area contributed by atoms with Crippen molar-refractivity contribution >= 4 is 11.6 Å². The van der Waals surface area contributed by atoms with Crippen LogP contribution in [0.1, 0.15) is 11.3 Å². The van der Waals surface area contributed by atoms with Crippen molar-refractivity contribution in [2.24, 2.45) is 0 Å². The van der Waals surface area contributed by atoms with Gasteiger partial charge in [0.2, 0.25) is 0 Å². The SMILES string of the molecule is O=c1ccc(Cc2ccc(Cl)c(Oc3ccccc3)c2)n[nH]1. The lowest BCUT2D eigenvalue weighted by Gasteiger charge is -2.09. The number of ether oxygens (including phenoxy) is 1. The van der Waals surface area contributed by atoms with E-state index in [1.165, 1.54) is 6.07 Å². The summed E-state index contributed by atoms with van der Waals surface area (Å²) >= 11 is 6.18. The summed E-state index contributed by atoms with van der Waals surface area (Å²) in [5.41, 5.74) is 1.55. The van der Waals surface area contributed by atoms with Crippen molar-refractivity contribution in [3.63, 3.8) is 0 Å². The fourth-order valence-corrected chi connectivity index (χ4v) is 2.19. The molecule has 0 amide bonds. The summed E-state index contributed by atoms with van der Waals surface area (Å²) in [5, 5.41) is 6.96. The molecule has 1 heterocycles. The molecule has 3 rings (SSSR count). The number of hydrogen-bond acceptors (Lipinski definition) is 3. The Labute approximate surface area is 132 Å². The molecule has 0 bridgehead atoms. The summed E-state index contributed by atoms with van der Waals surface area (Å²) in [6.07, 6.45) is 0.582. The van der Waals surface area contributed by atoms with E-state index in [0.29, 0.717) is 17.2 Å². The minimum absolute atomic E-state index is 0.215. The molecule has 0 atom stereocenters. The van der Waals surface area contributed by atoms with Gasteiger partial charge in [-0.05, 0) is 35.9 Å². The molecule has 1 N–H and O–H groups in total. The Morgan fingerprint density at radius 3 is 2.59 bits per heavy atom. The molecule has 22 heavy (non-hydrogen) atoms. The van der Waals surface area contributed by atoms with E-state index in [9.17, 15) is 4.79 Å². The first kappa shape index (κ1) is 14.4. The van der Waals surface area contributed by atoms with Gasteiger partial charge in [0, 0.05) is 12.5 Å². The predicted octanol–water partition coefficient (Wildman–Crippen LogP) is 3.81. The summed E-state index contributed by atoms with van der Waals surface area (Å²) in [5.74, 6) is 1.32. The van der Waals surface area contributed by atoms with Gasteiger partial charge in [-0.3, -0.25) is 4.79 Å². The van der Waals surface area contributed by atoms with Crippen LogP contribution in [0, 0.1) is 0 Å². The smallest absolute Gasteiger partial charge is 0.264 e. The Hall–Kier alpha value is -2.59. The maximum atomic E-state index is 11.0. The van der Waals surface area contributed by atoms with Gasteiger partial charge in [-0.15, -0.1) is 0 Å². The Morgan fingerprint density at radius 1 is 1.05 bits per heavy atom. The van der Waals surface area contributed by atoms with E-state index < -0.39 is 0 Å². The molecule has 0 aliphatic heterocycles. The molecule has 110 valence electrons. The molecular weight excluding hydrogens is 300 g/mol. The van der Waals surface area contributed by atoms with Gasteiger partial charge in [-0.25, -0.2) is 5.10 Å². The number of benzene rings is 2. The third kappa shape index (κ3) is 3.54. The lowest BCUT2D eigenvalue weighted by atomic mass is 10.1. The van der Waals surface area contributed by atoms with Gasteiger partial charge in [-0.1, -0.05) is 35.9 Å². The second-order valence-electron chi connectivity index (χ2n) is 4.77. The van der Waals surface area contributed by atoms with Crippen LogP contribution in [-0.2, 0) is 6.42 Å². The van der Waals surface area contributed by atoms with E-state index in [-0.39, 0.29) is 5.56 Å². The minimum Gasteiger partial charge on any atom is -0.456 e. The van der Waals surface area contributed by atoms with Crippen molar-refractivity contribution in [1.82, 2.24) is 10.2 Å². The zero-order valence-electron chi connectivity index (χ0n) is 11.6. The molecule has 3 aromatic rings. The number of H-pyrrole nitrogens is 1. The summed E-state index contributed by atoms with van der Waals surface area (Å²) in [6, 6.07) is 18.2. The standard InChI is InChI=1S/C17H13ClN2O2/c18-15-8-6-12(10-13-7-9-17(21)20-19-13)11-16(15)22-14-4-2-1-3-5-14/h1-9,11H,10H2,(H,20,21). The van der Waals surface area contributed by atoms with E-state index in [4.69, 9.17) is 16.3 Å². The second kappa shape index (κ2) is 6.45. The molecule has 0 unspecified atom stereocenters. The number of aromatic nitrogens is 2. The summed E-state index contributed by atoms with van der Waals surface area (Å²) < 4.78 is 5.80. The fourth-order valence-electron chi connectivity index (χ4n) is 2.03. The zero-order valence-corrected chi connectivity index (χ0v) is 12.4. The number of nitrogens with zero attached hydrogens (tertiary/aromatic N) is 1. The Kier molecular flexibility index (Phi) is 4.21. The highest BCUT2D eigenvalue weighted by Gasteiger charge is 2.06. The van der Waals surface area contributed by atoms with Gasteiger partial charge in [0.05, 0.1) is 10.7 Å². The molecule has 0 aliphatic rings. The third-order valence-electron chi connectivity index (χ3n) is 3.09. The molecule has 0 saturated heterocycles. The van der Waals surface area contributed by atoms with Crippen LogP contribution in [0.3, 0.4) is 0 Å². The van der Waals surface area contributed by atoms with E-state index in [0.717, 1.165) is 17.0 Å². The summed E-state index contributed by atoms with van der Waals surface area (Å²) in [7, 11) is 0. The topological polar surface area (TPSA) is 55.0 Å². The van der Waals surface area contributed by atoms with Crippen molar-refractivity contribution in [3.05, 3.63) is 87.3 Å². The highest BCUT2D eigenvalue weighted by molar-refractivity contribution is 6.32. The summed E-state index contributed by atoms with van der Waals surface area (Å²) in [6.45, 7) is 0. The lowest BCUT2D eigenvalue weighted by Crippen LogP contribution is -2.07. The molecule has 0 fully saturated rings. The van der Waals surface area contributed by atoms with Crippen molar-refractivity contribution < 1.29 is 4.74 Å². The number of hydrogen-bond donors (Lipinski definition) is 1. The first-order valence-electron chi connectivity index (χ1n) is 6.77. The van der Waals surface area contributed by atoms with Crippen molar-refractivity contribution in [2.45, 2.75) is 6.42 Å². The van der Waals surface area contributed by atoms with Crippen LogP contribution in [0.5, 0.6) is 11.5 Å². The average molecular weight is 313 g/mol. The van der Waals surface area contributed by atoms with E-state index in [1.807, 2.05) is 42.5 Å². The monoisotopic (exact) mass is 312 g/mol. The Balaban J connectivity index is 1.83. The van der Waals surface area contributed by atoms with Crippen LogP contribution in [0.15, 0.2) is 65.5 Å². The maximum absolute atomic E-state index is 11.0. The molecule has 2 aromatic carbocycles. The first-order valence-corrected chi connectivity index (χ1v) is 7.14. The van der Waals surface area contributed by atoms with Crippen molar-refractivity contribution in [3.8, 4) is 11.5 Å². The van der Waals surface area contributed by atoms with Crippen molar-refractivity contribution in [2.75, 3.05) is 0 Å². The third-order valence-corrected chi connectivity index (χ3v) is 3.40. The number of halogens is 1. The van der Waals surface area contributed by atoms with Crippen LogP contribution >= 0.6 is 11.6 Å². The van der Waals surface area contributed by atoms with E-state index in [1.54, 1.807) is 12.1 Å². The highest BCUT2D eigenvalue weighted by Crippen LogP contribution is 2.30. The lowest BCUT2D eigenvalue weighted by molar-refractivity contribution is 0.482. The number of rotatable bonds is 4. The predicted molar refractivity (Wildman–Crippen MR) is 85.6 cm³/mol. The minimum atomic E-state index is -0.215. The normalized spacial score (nSPS) is 10.4. The molecule has 4 nitrogen and oxygen atoms in total. The van der Waals surface area contributed by atoms with Crippen molar-refractivity contribution in [1.29, 1.82) is 0 Å². The zero-order chi connectivity index (χ0) is 15.4. The van der Waals surface area contributed by atoms with Gasteiger partial charge in [0.1, 0.15) is 11.5 Å². The van der Waals surface area contributed by atoms with Crippen LogP contribution in [0.2, 0.25) is 5.02 Å². The second-order valence-corrected chi connectivity index (χ2v) is 5.18. The Bertz CT molecular complexity index is 811. The van der Waals surface area contributed by atoms with E-state index >= 15 is 0 Å². The fraction of sp³-hybridized carbons (Fsp3) is 0.0588. The highest BCUT2D eigenvalue weighted by atomic mass is 35.5. The van der Waals surface area contributed by atoms with Crippen LogP contribution in [-0.4, -0.2) is 10.2 Å². The molecule has 0 spiro atoms.